The first-order chi connectivity index (χ1) is 13.5. The number of hydrogen-bond donors (Lipinski definition) is 2. The molecular formula is C23H20Cl2N2O. The summed E-state index contributed by atoms with van der Waals surface area (Å²) in [6.07, 6.45) is 0.409. The van der Waals surface area contributed by atoms with Gasteiger partial charge in [0.25, 0.3) is 0 Å². The van der Waals surface area contributed by atoms with Crippen LogP contribution in [0.5, 0.6) is 5.75 Å². The molecule has 3 aromatic carbocycles. The first-order valence-electron chi connectivity index (χ1n) is 9.13. The SMILES string of the molecule is Cc1ccc(C2=N[C@@H](c3ccc(Cl)cc3)N[C@@H](c3cc(Cl)ccc3O)C2)cc1. The second kappa shape index (κ2) is 7.96. The third kappa shape index (κ3) is 4.07. The van der Waals surface area contributed by atoms with Gasteiger partial charge in [-0.1, -0.05) is 65.2 Å². The smallest absolute Gasteiger partial charge is 0.126 e. The summed E-state index contributed by atoms with van der Waals surface area (Å²) in [5.74, 6) is 0.224. The monoisotopic (exact) mass is 410 g/mol. The van der Waals surface area contributed by atoms with Gasteiger partial charge in [0.2, 0.25) is 0 Å². The molecule has 3 nitrogen and oxygen atoms in total. The van der Waals surface area contributed by atoms with Crippen LogP contribution in [0, 0.1) is 6.92 Å². The quantitative estimate of drug-likeness (QED) is 0.537. The van der Waals surface area contributed by atoms with E-state index in [1.807, 2.05) is 30.3 Å². The minimum absolute atomic E-state index is 0.117. The molecule has 1 heterocycles. The van der Waals surface area contributed by atoms with Crippen molar-refractivity contribution in [3.05, 3.63) is 99.0 Å². The molecule has 142 valence electrons. The summed E-state index contributed by atoms with van der Waals surface area (Å²) in [6, 6.07) is 21.0. The van der Waals surface area contributed by atoms with Crippen LogP contribution in [0.3, 0.4) is 0 Å². The topological polar surface area (TPSA) is 44.6 Å². The zero-order valence-corrected chi connectivity index (χ0v) is 16.9. The molecule has 0 fully saturated rings. The fraction of sp³-hybridized carbons (Fsp3) is 0.174. The molecule has 0 saturated carbocycles. The van der Waals surface area contributed by atoms with Crippen molar-refractivity contribution in [2.24, 2.45) is 4.99 Å². The number of halogens is 2. The molecule has 4 rings (SSSR count). The molecular weight excluding hydrogens is 391 g/mol. The number of aliphatic imine (C=N–C) groups is 1. The van der Waals surface area contributed by atoms with Crippen molar-refractivity contribution in [2.75, 3.05) is 0 Å². The Bertz CT molecular complexity index is 1010. The fourth-order valence-corrected chi connectivity index (χ4v) is 3.75. The van der Waals surface area contributed by atoms with Gasteiger partial charge in [-0.25, -0.2) is 0 Å². The van der Waals surface area contributed by atoms with Gasteiger partial charge in [0, 0.05) is 33.8 Å². The van der Waals surface area contributed by atoms with E-state index >= 15 is 0 Å². The Morgan fingerprint density at radius 1 is 0.929 bits per heavy atom. The molecule has 0 bridgehead atoms. The molecule has 0 amide bonds. The Labute approximate surface area is 174 Å². The van der Waals surface area contributed by atoms with E-state index in [9.17, 15) is 5.11 Å². The lowest BCUT2D eigenvalue weighted by atomic mass is 9.93. The summed E-state index contributed by atoms with van der Waals surface area (Å²) in [4.78, 5) is 4.96. The first kappa shape index (κ1) is 19.0. The van der Waals surface area contributed by atoms with Gasteiger partial charge in [-0.15, -0.1) is 0 Å². The van der Waals surface area contributed by atoms with Crippen molar-refractivity contribution in [1.29, 1.82) is 0 Å². The van der Waals surface area contributed by atoms with Crippen LogP contribution < -0.4 is 5.32 Å². The second-order valence-corrected chi connectivity index (χ2v) is 7.90. The van der Waals surface area contributed by atoms with Crippen molar-refractivity contribution >= 4 is 28.9 Å². The van der Waals surface area contributed by atoms with Crippen molar-refractivity contribution in [2.45, 2.75) is 25.6 Å². The van der Waals surface area contributed by atoms with Gasteiger partial charge in [0.15, 0.2) is 0 Å². The van der Waals surface area contributed by atoms with Crippen molar-refractivity contribution in [3.8, 4) is 5.75 Å². The lowest BCUT2D eigenvalue weighted by Crippen LogP contribution is -2.33. The molecule has 2 N–H and O–H groups in total. The van der Waals surface area contributed by atoms with E-state index in [1.54, 1.807) is 12.1 Å². The Hall–Kier alpha value is -2.33. The molecule has 28 heavy (non-hydrogen) atoms. The van der Waals surface area contributed by atoms with Crippen LogP contribution in [-0.4, -0.2) is 10.8 Å². The van der Waals surface area contributed by atoms with Crippen LogP contribution in [0.15, 0.2) is 71.7 Å². The van der Waals surface area contributed by atoms with Crippen molar-refractivity contribution in [3.63, 3.8) is 0 Å². The van der Waals surface area contributed by atoms with Crippen LogP contribution in [0.25, 0.3) is 0 Å². The molecule has 3 aromatic rings. The molecule has 0 aliphatic carbocycles. The summed E-state index contributed by atoms with van der Waals surface area (Å²) >= 11 is 12.2. The van der Waals surface area contributed by atoms with Gasteiger partial charge in [-0.2, -0.15) is 0 Å². The van der Waals surface area contributed by atoms with E-state index in [1.165, 1.54) is 5.56 Å². The van der Waals surface area contributed by atoms with E-state index in [0.29, 0.717) is 16.5 Å². The van der Waals surface area contributed by atoms with E-state index < -0.39 is 0 Å². The van der Waals surface area contributed by atoms with Crippen LogP contribution in [0.2, 0.25) is 10.0 Å². The number of aryl methyl sites for hydroxylation is 1. The number of phenolic OH excluding ortho intramolecular Hbond substituents is 1. The fourth-order valence-electron chi connectivity index (χ4n) is 3.45. The van der Waals surface area contributed by atoms with Gasteiger partial charge in [-0.3, -0.25) is 10.3 Å². The predicted molar refractivity (Wildman–Crippen MR) is 116 cm³/mol. The molecule has 0 spiro atoms. The zero-order valence-electron chi connectivity index (χ0n) is 15.4. The third-order valence-electron chi connectivity index (χ3n) is 4.98. The van der Waals surface area contributed by atoms with E-state index in [2.05, 4.69) is 36.5 Å². The van der Waals surface area contributed by atoms with Gasteiger partial charge in [0.1, 0.15) is 11.9 Å². The maximum atomic E-state index is 10.4. The average Bonchev–Trinajstić information content (AvgIpc) is 2.70. The molecule has 1 aliphatic rings. The molecule has 0 unspecified atom stereocenters. The van der Waals surface area contributed by atoms with Crippen molar-refractivity contribution < 1.29 is 5.11 Å². The van der Waals surface area contributed by atoms with Crippen molar-refractivity contribution in [1.82, 2.24) is 5.32 Å². The maximum absolute atomic E-state index is 10.4. The predicted octanol–water partition coefficient (Wildman–Crippen LogP) is 6.23. The largest absolute Gasteiger partial charge is 0.508 e. The summed E-state index contributed by atoms with van der Waals surface area (Å²) in [6.45, 7) is 2.07. The number of aromatic hydroxyl groups is 1. The van der Waals surface area contributed by atoms with Crippen LogP contribution in [-0.2, 0) is 0 Å². The summed E-state index contributed by atoms with van der Waals surface area (Å²) in [7, 11) is 0. The van der Waals surface area contributed by atoms with Gasteiger partial charge >= 0.3 is 0 Å². The Morgan fingerprint density at radius 3 is 2.32 bits per heavy atom. The summed E-state index contributed by atoms with van der Waals surface area (Å²) in [5.41, 5.74) is 5.06. The molecule has 0 radical (unpaired) electrons. The zero-order chi connectivity index (χ0) is 19.7. The highest BCUT2D eigenvalue weighted by molar-refractivity contribution is 6.30. The highest BCUT2D eigenvalue weighted by Crippen LogP contribution is 2.35. The summed E-state index contributed by atoms with van der Waals surface area (Å²) < 4.78 is 0. The van der Waals surface area contributed by atoms with E-state index in [4.69, 9.17) is 28.2 Å². The highest BCUT2D eigenvalue weighted by atomic mass is 35.5. The minimum Gasteiger partial charge on any atom is -0.508 e. The maximum Gasteiger partial charge on any atom is 0.126 e. The Kier molecular flexibility index (Phi) is 5.40. The average molecular weight is 411 g/mol. The Morgan fingerprint density at radius 2 is 1.61 bits per heavy atom. The normalized spacial score (nSPS) is 19.3. The lowest BCUT2D eigenvalue weighted by molar-refractivity contribution is 0.413. The number of rotatable bonds is 3. The Balaban J connectivity index is 1.76. The second-order valence-electron chi connectivity index (χ2n) is 7.02. The molecule has 1 aliphatic heterocycles. The van der Waals surface area contributed by atoms with Crippen LogP contribution in [0.4, 0.5) is 0 Å². The number of nitrogens with zero attached hydrogens (tertiary/aromatic N) is 1. The number of phenols is 1. The van der Waals surface area contributed by atoms with Gasteiger partial charge < -0.3 is 5.11 Å². The third-order valence-corrected chi connectivity index (χ3v) is 5.46. The first-order valence-corrected chi connectivity index (χ1v) is 9.89. The van der Waals surface area contributed by atoms with Gasteiger partial charge in [-0.05, 0) is 48.4 Å². The molecule has 2 atom stereocenters. The minimum atomic E-state index is -0.245. The van der Waals surface area contributed by atoms with E-state index in [0.717, 1.165) is 22.4 Å². The van der Waals surface area contributed by atoms with Crippen LogP contribution in [0.1, 0.15) is 40.9 Å². The van der Waals surface area contributed by atoms with E-state index in [-0.39, 0.29) is 18.0 Å². The lowest BCUT2D eigenvalue weighted by Gasteiger charge is -2.31. The number of benzene rings is 3. The number of hydrogen-bond acceptors (Lipinski definition) is 3. The molecule has 0 aromatic heterocycles. The number of nitrogens with one attached hydrogen (secondary N) is 1. The summed E-state index contributed by atoms with van der Waals surface area (Å²) in [5, 5.41) is 15.2. The standard InChI is InChI=1S/C23H20Cl2N2O/c1-14-2-4-15(5-3-14)20-13-21(19-12-18(25)10-11-22(19)28)27-23(26-20)16-6-8-17(24)9-7-16/h2-12,21,23,27-28H,13H2,1H3/t21-,23-/m1/s1. The van der Waals surface area contributed by atoms with Gasteiger partial charge in [0.05, 0.1) is 0 Å². The molecule has 0 saturated heterocycles. The van der Waals surface area contributed by atoms with Crippen LogP contribution >= 0.6 is 23.2 Å². The highest BCUT2D eigenvalue weighted by Gasteiger charge is 2.27. The molecule has 5 heteroatoms.